The van der Waals surface area contributed by atoms with Crippen LogP contribution in [0.4, 0.5) is 13.2 Å². The minimum atomic E-state index is -4.39. The molecule has 1 aromatic carbocycles. The van der Waals surface area contributed by atoms with Gasteiger partial charge in [0.25, 0.3) is 0 Å². The second kappa shape index (κ2) is 6.78. The average Bonchev–Trinajstić information content (AvgIpc) is 2.42. The van der Waals surface area contributed by atoms with E-state index < -0.39 is 11.7 Å². The van der Waals surface area contributed by atoms with Crippen LogP contribution < -0.4 is 10.6 Å². The van der Waals surface area contributed by atoms with Crippen LogP contribution in [-0.4, -0.2) is 18.4 Å². The number of carbonyl (C=O) groups excluding carboxylic acids is 2. The molecule has 22 heavy (non-hydrogen) atoms. The third-order valence-corrected chi connectivity index (χ3v) is 4.21. The van der Waals surface area contributed by atoms with Crippen molar-refractivity contribution < 1.29 is 22.8 Å². The Morgan fingerprint density at radius 3 is 2.68 bits per heavy atom. The van der Waals surface area contributed by atoms with Crippen LogP contribution in [-0.2, 0) is 22.3 Å². The van der Waals surface area contributed by atoms with Crippen LogP contribution in [0.2, 0.25) is 0 Å². The monoisotopic (exact) mass is 378 g/mol. The molecular formula is C14H14BrF3N2O2. The van der Waals surface area contributed by atoms with Gasteiger partial charge in [0.15, 0.2) is 0 Å². The Kier molecular flexibility index (Phi) is 5.23. The van der Waals surface area contributed by atoms with Gasteiger partial charge in [-0.15, -0.1) is 0 Å². The summed E-state index contributed by atoms with van der Waals surface area (Å²) in [6.45, 7) is 0.504. The standard InChI is InChI=1S/C14H14BrF3N2O2/c15-11-3-2-10(14(16,17)18)5-9(11)7-19-6-8-1-4-12(21)20-13(8)22/h2-3,5,8,19H,1,4,6-7H2,(H,20,21,22). The Morgan fingerprint density at radius 1 is 1.32 bits per heavy atom. The van der Waals surface area contributed by atoms with E-state index in [9.17, 15) is 22.8 Å². The number of alkyl halides is 3. The highest BCUT2D eigenvalue weighted by atomic mass is 79.9. The molecule has 8 heteroatoms. The Balaban J connectivity index is 1.94. The van der Waals surface area contributed by atoms with Crippen molar-refractivity contribution in [1.82, 2.24) is 10.6 Å². The molecule has 120 valence electrons. The largest absolute Gasteiger partial charge is 0.416 e. The first-order valence-electron chi connectivity index (χ1n) is 6.67. The van der Waals surface area contributed by atoms with Gasteiger partial charge in [0.1, 0.15) is 0 Å². The lowest BCUT2D eigenvalue weighted by atomic mass is 9.98. The van der Waals surface area contributed by atoms with Crippen molar-refractivity contribution in [2.45, 2.75) is 25.6 Å². The summed E-state index contributed by atoms with van der Waals surface area (Å²) in [7, 11) is 0. The zero-order valence-corrected chi connectivity index (χ0v) is 13.1. The van der Waals surface area contributed by atoms with Crippen molar-refractivity contribution >= 4 is 27.7 Å². The summed E-state index contributed by atoms with van der Waals surface area (Å²) in [5, 5.41) is 5.21. The summed E-state index contributed by atoms with van der Waals surface area (Å²) in [5.41, 5.74) is -0.254. The van der Waals surface area contributed by atoms with Crippen molar-refractivity contribution in [2.24, 2.45) is 5.92 Å². The van der Waals surface area contributed by atoms with E-state index in [1.165, 1.54) is 6.07 Å². The fourth-order valence-electron chi connectivity index (χ4n) is 2.20. The Bertz CT molecular complexity index is 590. The molecule has 0 bridgehead atoms. The van der Waals surface area contributed by atoms with Crippen LogP contribution in [0.5, 0.6) is 0 Å². The van der Waals surface area contributed by atoms with Gasteiger partial charge in [-0.2, -0.15) is 13.2 Å². The van der Waals surface area contributed by atoms with Gasteiger partial charge in [0.05, 0.1) is 11.5 Å². The van der Waals surface area contributed by atoms with E-state index in [2.05, 4.69) is 26.6 Å². The molecule has 0 aromatic heterocycles. The number of imide groups is 1. The molecule has 0 spiro atoms. The van der Waals surface area contributed by atoms with E-state index in [-0.39, 0.29) is 30.7 Å². The summed E-state index contributed by atoms with van der Waals surface area (Å²) in [6, 6.07) is 3.43. The van der Waals surface area contributed by atoms with Gasteiger partial charge in [-0.05, 0) is 30.2 Å². The number of hydrogen-bond donors (Lipinski definition) is 2. The summed E-state index contributed by atoms with van der Waals surface area (Å²) in [6.07, 6.45) is -3.66. The Hall–Kier alpha value is -1.41. The van der Waals surface area contributed by atoms with E-state index in [0.29, 0.717) is 23.0 Å². The van der Waals surface area contributed by atoms with E-state index in [0.717, 1.165) is 12.1 Å². The quantitative estimate of drug-likeness (QED) is 0.791. The summed E-state index contributed by atoms with van der Waals surface area (Å²) in [4.78, 5) is 22.6. The molecule has 1 aliphatic heterocycles. The Labute approximate surface area is 133 Å². The zero-order valence-electron chi connectivity index (χ0n) is 11.5. The highest BCUT2D eigenvalue weighted by Gasteiger charge is 2.31. The van der Waals surface area contributed by atoms with Gasteiger partial charge in [-0.3, -0.25) is 14.9 Å². The molecule has 1 fully saturated rings. The van der Waals surface area contributed by atoms with E-state index >= 15 is 0 Å². The molecule has 1 aliphatic rings. The second-order valence-electron chi connectivity index (χ2n) is 5.08. The molecule has 2 amide bonds. The van der Waals surface area contributed by atoms with Crippen molar-refractivity contribution in [3.05, 3.63) is 33.8 Å². The van der Waals surface area contributed by atoms with Gasteiger partial charge >= 0.3 is 6.18 Å². The van der Waals surface area contributed by atoms with Crippen molar-refractivity contribution in [2.75, 3.05) is 6.54 Å². The molecule has 2 rings (SSSR count). The van der Waals surface area contributed by atoms with Crippen molar-refractivity contribution in [1.29, 1.82) is 0 Å². The van der Waals surface area contributed by atoms with Crippen LogP contribution in [0.15, 0.2) is 22.7 Å². The minimum absolute atomic E-state index is 0.197. The maximum atomic E-state index is 12.7. The van der Waals surface area contributed by atoms with E-state index in [4.69, 9.17) is 0 Å². The molecule has 2 N–H and O–H groups in total. The lowest BCUT2D eigenvalue weighted by molar-refractivity contribution is -0.138. The fraction of sp³-hybridized carbons (Fsp3) is 0.429. The number of hydrogen-bond acceptors (Lipinski definition) is 3. The van der Waals surface area contributed by atoms with Gasteiger partial charge in [-0.25, -0.2) is 0 Å². The van der Waals surface area contributed by atoms with Gasteiger partial charge in [-0.1, -0.05) is 15.9 Å². The van der Waals surface area contributed by atoms with Crippen LogP contribution >= 0.6 is 15.9 Å². The maximum absolute atomic E-state index is 12.7. The molecule has 1 aromatic rings. The smallest absolute Gasteiger partial charge is 0.312 e. The van der Waals surface area contributed by atoms with Crippen LogP contribution in [0, 0.1) is 5.92 Å². The molecular weight excluding hydrogens is 365 g/mol. The van der Waals surface area contributed by atoms with Gasteiger partial charge < -0.3 is 5.32 Å². The van der Waals surface area contributed by atoms with E-state index in [1.54, 1.807) is 0 Å². The zero-order chi connectivity index (χ0) is 16.3. The number of piperidine rings is 1. The average molecular weight is 379 g/mol. The van der Waals surface area contributed by atoms with Gasteiger partial charge in [0.2, 0.25) is 11.8 Å². The third kappa shape index (κ3) is 4.30. The molecule has 1 heterocycles. The molecule has 0 aliphatic carbocycles. The first-order valence-corrected chi connectivity index (χ1v) is 7.46. The molecule has 0 radical (unpaired) electrons. The van der Waals surface area contributed by atoms with Gasteiger partial charge in [0, 0.05) is 24.0 Å². The number of halogens is 4. The lowest BCUT2D eigenvalue weighted by Gasteiger charge is -2.21. The Morgan fingerprint density at radius 2 is 2.05 bits per heavy atom. The summed E-state index contributed by atoms with van der Waals surface area (Å²) >= 11 is 3.21. The summed E-state index contributed by atoms with van der Waals surface area (Å²) in [5.74, 6) is -0.976. The van der Waals surface area contributed by atoms with Crippen LogP contribution in [0.3, 0.4) is 0 Å². The molecule has 4 nitrogen and oxygen atoms in total. The van der Waals surface area contributed by atoms with Crippen molar-refractivity contribution in [3.63, 3.8) is 0 Å². The normalized spacial score (nSPS) is 19.2. The number of carbonyl (C=O) groups is 2. The SMILES string of the molecule is O=C1CCC(CNCc2cc(C(F)(F)F)ccc2Br)C(=O)N1. The topological polar surface area (TPSA) is 58.2 Å². The molecule has 0 saturated carbocycles. The number of rotatable bonds is 4. The first kappa shape index (κ1) is 17.0. The number of benzene rings is 1. The molecule has 1 atom stereocenters. The number of nitrogens with one attached hydrogen (secondary N) is 2. The summed E-state index contributed by atoms with van der Waals surface area (Å²) < 4.78 is 38.6. The molecule has 1 unspecified atom stereocenters. The maximum Gasteiger partial charge on any atom is 0.416 e. The third-order valence-electron chi connectivity index (χ3n) is 3.43. The molecule has 1 saturated heterocycles. The predicted octanol–water partition coefficient (Wildman–Crippen LogP) is 2.61. The highest BCUT2D eigenvalue weighted by molar-refractivity contribution is 9.10. The van der Waals surface area contributed by atoms with E-state index in [1.807, 2.05) is 0 Å². The number of amides is 2. The highest BCUT2D eigenvalue weighted by Crippen LogP contribution is 2.31. The minimum Gasteiger partial charge on any atom is -0.312 e. The van der Waals surface area contributed by atoms with Crippen LogP contribution in [0.1, 0.15) is 24.0 Å². The lowest BCUT2D eigenvalue weighted by Crippen LogP contribution is -2.44. The fourth-order valence-corrected chi connectivity index (χ4v) is 2.59. The predicted molar refractivity (Wildman–Crippen MR) is 76.7 cm³/mol. The van der Waals surface area contributed by atoms with Crippen LogP contribution in [0.25, 0.3) is 0 Å². The first-order chi connectivity index (χ1) is 10.3. The second-order valence-corrected chi connectivity index (χ2v) is 5.94. The van der Waals surface area contributed by atoms with Crippen molar-refractivity contribution in [3.8, 4) is 0 Å².